The van der Waals surface area contributed by atoms with Crippen molar-refractivity contribution in [2.24, 2.45) is 0 Å². The van der Waals surface area contributed by atoms with Crippen LogP contribution in [-0.2, 0) is 0 Å². The van der Waals surface area contributed by atoms with Gasteiger partial charge < -0.3 is 14.8 Å². The smallest absolute Gasteiger partial charge is 0.252 e. The minimum absolute atomic E-state index is 0.122. The molecule has 6 heteroatoms. The van der Waals surface area contributed by atoms with Gasteiger partial charge in [-0.05, 0) is 38.1 Å². The first-order chi connectivity index (χ1) is 10.5. The van der Waals surface area contributed by atoms with Crippen LogP contribution in [0.1, 0.15) is 33.8 Å². The number of methoxy groups -OCH3 is 2. The van der Waals surface area contributed by atoms with Gasteiger partial charge in [0.25, 0.3) is 5.91 Å². The standard InChI is InChI=1S/C16H18ClNO3S/c1-9-12(20-3)7-11(8-13(9)21-4)16(19)18-10(2)14-5-6-15(17)22-14/h5-8,10H,1-4H3,(H,18,19)/t10-/m1/s1. The molecule has 1 N–H and O–H groups in total. The Kier molecular flexibility index (Phi) is 5.32. The van der Waals surface area contributed by atoms with Crippen LogP contribution in [0.5, 0.6) is 11.5 Å². The van der Waals surface area contributed by atoms with Gasteiger partial charge in [0.15, 0.2) is 0 Å². The summed E-state index contributed by atoms with van der Waals surface area (Å²) in [6.07, 6.45) is 0. The molecule has 118 valence electrons. The monoisotopic (exact) mass is 339 g/mol. The number of benzene rings is 1. The SMILES string of the molecule is COc1cc(C(=O)N[C@H](C)c2ccc(Cl)s2)cc(OC)c1C. The van der Waals surface area contributed by atoms with Crippen molar-refractivity contribution in [3.63, 3.8) is 0 Å². The molecule has 0 fully saturated rings. The topological polar surface area (TPSA) is 47.6 Å². The number of hydrogen-bond acceptors (Lipinski definition) is 4. The molecule has 0 aliphatic rings. The lowest BCUT2D eigenvalue weighted by atomic mass is 10.1. The highest BCUT2D eigenvalue weighted by Gasteiger charge is 2.16. The summed E-state index contributed by atoms with van der Waals surface area (Å²) in [5.74, 6) is 1.06. The number of hydrogen-bond donors (Lipinski definition) is 1. The van der Waals surface area contributed by atoms with Crippen molar-refractivity contribution in [3.8, 4) is 11.5 Å². The number of amides is 1. The van der Waals surface area contributed by atoms with Gasteiger partial charge in [0.1, 0.15) is 11.5 Å². The Labute approximate surface area is 139 Å². The molecule has 0 aliphatic carbocycles. The average Bonchev–Trinajstić information content (AvgIpc) is 2.94. The van der Waals surface area contributed by atoms with Crippen LogP contribution >= 0.6 is 22.9 Å². The van der Waals surface area contributed by atoms with Crippen LogP contribution in [0.25, 0.3) is 0 Å². The molecule has 1 aromatic heterocycles. The Hall–Kier alpha value is -1.72. The summed E-state index contributed by atoms with van der Waals surface area (Å²) in [6.45, 7) is 3.80. The van der Waals surface area contributed by atoms with E-state index in [1.54, 1.807) is 26.4 Å². The lowest BCUT2D eigenvalue weighted by molar-refractivity contribution is 0.0939. The molecule has 0 radical (unpaired) electrons. The van der Waals surface area contributed by atoms with E-state index in [1.165, 1.54) is 11.3 Å². The van der Waals surface area contributed by atoms with Gasteiger partial charge in [0.05, 0.1) is 24.6 Å². The summed E-state index contributed by atoms with van der Waals surface area (Å²) in [7, 11) is 3.14. The number of rotatable bonds is 5. The lowest BCUT2D eigenvalue weighted by Crippen LogP contribution is -2.26. The Morgan fingerprint density at radius 3 is 2.27 bits per heavy atom. The Morgan fingerprint density at radius 1 is 1.23 bits per heavy atom. The van der Waals surface area contributed by atoms with Crippen molar-refractivity contribution < 1.29 is 14.3 Å². The minimum Gasteiger partial charge on any atom is -0.496 e. The molecular weight excluding hydrogens is 322 g/mol. The molecule has 0 unspecified atom stereocenters. The van der Waals surface area contributed by atoms with Crippen molar-refractivity contribution >= 4 is 28.8 Å². The summed E-state index contributed by atoms with van der Waals surface area (Å²) in [6, 6.07) is 7.03. The lowest BCUT2D eigenvalue weighted by Gasteiger charge is -2.15. The number of carbonyl (C=O) groups excluding carboxylic acids is 1. The Balaban J connectivity index is 2.22. The van der Waals surface area contributed by atoms with E-state index in [0.717, 1.165) is 10.4 Å². The normalized spacial score (nSPS) is 11.9. The first-order valence-corrected chi connectivity index (χ1v) is 7.94. The molecule has 22 heavy (non-hydrogen) atoms. The van der Waals surface area contributed by atoms with Gasteiger partial charge in [-0.2, -0.15) is 0 Å². The fourth-order valence-corrected chi connectivity index (χ4v) is 3.19. The van der Waals surface area contributed by atoms with E-state index in [-0.39, 0.29) is 11.9 Å². The second kappa shape index (κ2) is 7.03. The van der Waals surface area contributed by atoms with Gasteiger partial charge in [-0.15, -0.1) is 11.3 Å². The largest absolute Gasteiger partial charge is 0.496 e. The molecule has 1 atom stereocenters. The molecule has 1 aromatic carbocycles. The fourth-order valence-electron chi connectivity index (χ4n) is 2.13. The third-order valence-electron chi connectivity index (χ3n) is 3.38. The Bertz CT molecular complexity index is 659. The summed E-state index contributed by atoms with van der Waals surface area (Å²) >= 11 is 7.38. The van der Waals surface area contributed by atoms with E-state index in [2.05, 4.69) is 5.32 Å². The van der Waals surface area contributed by atoms with Crippen LogP contribution in [0.4, 0.5) is 0 Å². The van der Waals surface area contributed by atoms with E-state index in [1.807, 2.05) is 26.0 Å². The molecule has 1 heterocycles. The second-order valence-electron chi connectivity index (χ2n) is 4.84. The number of thiophene rings is 1. The molecule has 0 aliphatic heterocycles. The van der Waals surface area contributed by atoms with Gasteiger partial charge in [0.2, 0.25) is 0 Å². The van der Waals surface area contributed by atoms with Gasteiger partial charge in [-0.1, -0.05) is 11.6 Å². The predicted octanol–water partition coefficient (Wildman–Crippen LogP) is 4.22. The summed E-state index contributed by atoms with van der Waals surface area (Å²) in [5.41, 5.74) is 1.36. The third kappa shape index (κ3) is 3.54. The zero-order valence-corrected chi connectivity index (χ0v) is 14.5. The van der Waals surface area contributed by atoms with E-state index >= 15 is 0 Å². The van der Waals surface area contributed by atoms with Gasteiger partial charge in [-0.25, -0.2) is 0 Å². The molecule has 0 saturated carbocycles. The predicted molar refractivity (Wildman–Crippen MR) is 89.5 cm³/mol. The van der Waals surface area contributed by atoms with Crippen LogP contribution in [0, 0.1) is 6.92 Å². The Morgan fingerprint density at radius 2 is 1.82 bits per heavy atom. The number of nitrogens with one attached hydrogen (secondary N) is 1. The van der Waals surface area contributed by atoms with Gasteiger partial charge in [-0.3, -0.25) is 4.79 Å². The maximum Gasteiger partial charge on any atom is 0.252 e. The highest BCUT2D eigenvalue weighted by Crippen LogP contribution is 2.30. The molecule has 0 spiro atoms. The fraction of sp³-hybridized carbons (Fsp3) is 0.312. The molecule has 4 nitrogen and oxygen atoms in total. The van der Waals surface area contributed by atoms with E-state index in [0.29, 0.717) is 21.4 Å². The zero-order chi connectivity index (χ0) is 16.3. The van der Waals surface area contributed by atoms with Crippen molar-refractivity contribution in [2.75, 3.05) is 14.2 Å². The molecule has 2 rings (SSSR count). The summed E-state index contributed by atoms with van der Waals surface area (Å²) < 4.78 is 11.3. The van der Waals surface area contributed by atoms with E-state index in [4.69, 9.17) is 21.1 Å². The first kappa shape index (κ1) is 16.6. The quantitative estimate of drug-likeness (QED) is 0.887. The van der Waals surface area contributed by atoms with Crippen LogP contribution in [-0.4, -0.2) is 20.1 Å². The summed E-state index contributed by atoms with van der Waals surface area (Å²) in [5, 5.41) is 2.95. The average molecular weight is 340 g/mol. The molecule has 0 bridgehead atoms. The molecule has 1 amide bonds. The van der Waals surface area contributed by atoms with Crippen LogP contribution in [0.2, 0.25) is 4.34 Å². The van der Waals surface area contributed by atoms with Crippen LogP contribution < -0.4 is 14.8 Å². The highest BCUT2D eigenvalue weighted by atomic mass is 35.5. The maximum atomic E-state index is 12.4. The van der Waals surface area contributed by atoms with Crippen molar-refractivity contribution in [3.05, 3.63) is 44.6 Å². The number of halogens is 1. The maximum absolute atomic E-state index is 12.4. The molecular formula is C16H18ClNO3S. The third-order valence-corrected chi connectivity index (χ3v) is 4.80. The van der Waals surface area contributed by atoms with Gasteiger partial charge in [0, 0.05) is 16.0 Å². The van der Waals surface area contributed by atoms with Crippen LogP contribution in [0.15, 0.2) is 24.3 Å². The number of ether oxygens (including phenoxy) is 2. The highest BCUT2D eigenvalue weighted by molar-refractivity contribution is 7.16. The van der Waals surface area contributed by atoms with Crippen molar-refractivity contribution in [1.29, 1.82) is 0 Å². The van der Waals surface area contributed by atoms with Gasteiger partial charge >= 0.3 is 0 Å². The zero-order valence-electron chi connectivity index (χ0n) is 12.9. The number of carbonyl (C=O) groups is 1. The molecule has 2 aromatic rings. The minimum atomic E-state index is -0.186. The van der Waals surface area contributed by atoms with E-state index < -0.39 is 0 Å². The summed E-state index contributed by atoms with van der Waals surface area (Å²) in [4.78, 5) is 13.4. The first-order valence-electron chi connectivity index (χ1n) is 6.75. The molecule has 0 saturated heterocycles. The second-order valence-corrected chi connectivity index (χ2v) is 6.59. The van der Waals surface area contributed by atoms with Crippen LogP contribution in [0.3, 0.4) is 0 Å². The van der Waals surface area contributed by atoms with Crippen molar-refractivity contribution in [2.45, 2.75) is 19.9 Å². The van der Waals surface area contributed by atoms with Crippen molar-refractivity contribution in [1.82, 2.24) is 5.32 Å². The van der Waals surface area contributed by atoms with E-state index in [9.17, 15) is 4.79 Å².